The van der Waals surface area contributed by atoms with Crippen molar-refractivity contribution in [2.45, 2.75) is 33.7 Å². The van der Waals surface area contributed by atoms with Gasteiger partial charge in [0.05, 0.1) is 17.6 Å². The van der Waals surface area contributed by atoms with Gasteiger partial charge in [-0.05, 0) is 44.9 Å². The summed E-state index contributed by atoms with van der Waals surface area (Å²) >= 11 is 0. The lowest BCUT2D eigenvalue weighted by Gasteiger charge is -2.10. The van der Waals surface area contributed by atoms with E-state index >= 15 is 0 Å². The van der Waals surface area contributed by atoms with Crippen LogP contribution in [0.15, 0.2) is 52.1 Å². The van der Waals surface area contributed by atoms with Crippen LogP contribution in [0.3, 0.4) is 0 Å². The topological polar surface area (TPSA) is 80.3 Å². The van der Waals surface area contributed by atoms with Gasteiger partial charge < -0.3 is 15.1 Å². The van der Waals surface area contributed by atoms with Crippen LogP contribution in [0, 0.1) is 13.8 Å². The zero-order valence-electron chi connectivity index (χ0n) is 16.5. The minimum absolute atomic E-state index is 0. The second-order valence-corrected chi connectivity index (χ2v) is 6.25. The van der Waals surface area contributed by atoms with E-state index in [-0.39, 0.29) is 24.0 Å². The van der Waals surface area contributed by atoms with Gasteiger partial charge in [0, 0.05) is 19.3 Å². The maximum Gasteiger partial charge on any atom is 0.216 e. The summed E-state index contributed by atoms with van der Waals surface area (Å²) in [7, 11) is 0. The molecule has 3 aromatic rings. The van der Waals surface area contributed by atoms with E-state index in [0.29, 0.717) is 12.4 Å². The van der Waals surface area contributed by atoms with Crippen molar-refractivity contribution in [2.24, 2.45) is 4.99 Å². The molecule has 0 aliphatic carbocycles. The highest BCUT2D eigenvalue weighted by Gasteiger charge is 2.06. The first-order valence-electron chi connectivity index (χ1n) is 9.19. The van der Waals surface area contributed by atoms with E-state index in [9.17, 15) is 0 Å². The number of rotatable bonds is 7. The first-order valence-corrected chi connectivity index (χ1v) is 9.19. The zero-order valence-corrected chi connectivity index (χ0v) is 18.8. The minimum atomic E-state index is 0. The molecular weight excluding hydrogens is 467 g/mol. The van der Waals surface area contributed by atoms with Gasteiger partial charge in [0.15, 0.2) is 5.96 Å². The van der Waals surface area contributed by atoms with Crippen LogP contribution < -0.4 is 10.6 Å². The molecule has 0 bridgehead atoms. The fourth-order valence-electron chi connectivity index (χ4n) is 2.63. The number of nitrogens with zero attached hydrogens (tertiary/aromatic N) is 4. The summed E-state index contributed by atoms with van der Waals surface area (Å²) in [6, 6.07) is 10.1. The molecule has 2 heterocycles. The highest BCUT2D eigenvalue weighted by atomic mass is 127. The molecule has 0 spiro atoms. The molecular formula is C20H27IN6O. The van der Waals surface area contributed by atoms with Crippen LogP contribution in [0.25, 0.3) is 5.69 Å². The summed E-state index contributed by atoms with van der Waals surface area (Å²) in [5.74, 6) is 2.22. The number of benzene rings is 1. The average molecular weight is 494 g/mol. The predicted molar refractivity (Wildman–Crippen MR) is 121 cm³/mol. The molecule has 0 saturated carbocycles. The van der Waals surface area contributed by atoms with Crippen LogP contribution in [0.2, 0.25) is 0 Å². The molecule has 0 saturated heterocycles. The van der Waals surface area contributed by atoms with Crippen LogP contribution in [-0.4, -0.2) is 33.8 Å². The van der Waals surface area contributed by atoms with Crippen LogP contribution in [-0.2, 0) is 13.0 Å². The third kappa shape index (κ3) is 6.08. The molecule has 1 aromatic carbocycles. The SMILES string of the molecule is CCNC(=NCc1nc(C)c(C)o1)NCCc1cnn(-c2ccccc2)c1.I. The number of guanidine groups is 1. The summed E-state index contributed by atoms with van der Waals surface area (Å²) in [5, 5.41) is 11.0. The van der Waals surface area contributed by atoms with Crippen molar-refractivity contribution < 1.29 is 4.42 Å². The quantitative estimate of drug-likeness (QED) is 0.299. The monoisotopic (exact) mass is 494 g/mol. The van der Waals surface area contributed by atoms with Gasteiger partial charge in [-0.1, -0.05) is 18.2 Å². The number of oxazole rings is 1. The van der Waals surface area contributed by atoms with E-state index in [1.165, 1.54) is 5.56 Å². The van der Waals surface area contributed by atoms with E-state index in [0.717, 1.165) is 42.6 Å². The van der Waals surface area contributed by atoms with Gasteiger partial charge >= 0.3 is 0 Å². The van der Waals surface area contributed by atoms with Gasteiger partial charge in [-0.15, -0.1) is 24.0 Å². The molecule has 0 unspecified atom stereocenters. The Morgan fingerprint density at radius 2 is 1.96 bits per heavy atom. The maximum absolute atomic E-state index is 5.58. The molecule has 0 atom stereocenters. The smallest absolute Gasteiger partial charge is 0.216 e. The van der Waals surface area contributed by atoms with Gasteiger partial charge in [-0.2, -0.15) is 5.10 Å². The van der Waals surface area contributed by atoms with Crippen molar-refractivity contribution in [2.75, 3.05) is 13.1 Å². The largest absolute Gasteiger partial charge is 0.444 e. The number of nitrogens with one attached hydrogen (secondary N) is 2. The molecule has 3 rings (SSSR count). The van der Waals surface area contributed by atoms with Crippen molar-refractivity contribution in [3.05, 3.63) is 65.6 Å². The van der Waals surface area contributed by atoms with Gasteiger partial charge in [0.1, 0.15) is 12.3 Å². The number of aromatic nitrogens is 3. The zero-order chi connectivity index (χ0) is 19.1. The van der Waals surface area contributed by atoms with Crippen LogP contribution in [0.4, 0.5) is 0 Å². The first-order chi connectivity index (χ1) is 13.2. The lowest BCUT2D eigenvalue weighted by Crippen LogP contribution is -2.38. The molecule has 150 valence electrons. The fourth-order valence-corrected chi connectivity index (χ4v) is 2.63. The number of para-hydroxylation sites is 1. The molecule has 0 amide bonds. The number of hydrogen-bond donors (Lipinski definition) is 2. The highest BCUT2D eigenvalue weighted by molar-refractivity contribution is 14.0. The van der Waals surface area contributed by atoms with Crippen LogP contribution in [0.1, 0.15) is 29.8 Å². The lowest BCUT2D eigenvalue weighted by atomic mass is 10.2. The van der Waals surface area contributed by atoms with E-state index < -0.39 is 0 Å². The molecule has 7 nitrogen and oxygen atoms in total. The Kier molecular flexibility index (Phi) is 8.49. The summed E-state index contributed by atoms with van der Waals surface area (Å²) in [6.45, 7) is 7.85. The number of halogens is 1. The minimum Gasteiger partial charge on any atom is -0.444 e. The second-order valence-electron chi connectivity index (χ2n) is 6.25. The summed E-state index contributed by atoms with van der Waals surface area (Å²) in [6.07, 6.45) is 4.81. The summed E-state index contributed by atoms with van der Waals surface area (Å²) < 4.78 is 7.47. The van der Waals surface area contributed by atoms with Gasteiger partial charge in [-0.25, -0.2) is 14.7 Å². The van der Waals surface area contributed by atoms with Crippen LogP contribution >= 0.6 is 24.0 Å². The van der Waals surface area contributed by atoms with Crippen molar-refractivity contribution in [1.29, 1.82) is 0 Å². The Morgan fingerprint density at radius 3 is 2.64 bits per heavy atom. The highest BCUT2D eigenvalue weighted by Crippen LogP contribution is 2.09. The van der Waals surface area contributed by atoms with Crippen molar-refractivity contribution >= 4 is 29.9 Å². The first kappa shape index (κ1) is 21.9. The predicted octanol–water partition coefficient (Wildman–Crippen LogP) is 3.39. The second kappa shape index (κ2) is 10.8. The normalized spacial score (nSPS) is 11.2. The molecule has 0 fully saturated rings. The third-order valence-corrected chi connectivity index (χ3v) is 4.15. The van der Waals surface area contributed by atoms with Gasteiger partial charge in [0.25, 0.3) is 0 Å². The molecule has 0 aliphatic heterocycles. The molecule has 0 aliphatic rings. The molecule has 28 heavy (non-hydrogen) atoms. The maximum atomic E-state index is 5.58. The van der Waals surface area contributed by atoms with E-state index in [1.807, 2.05) is 62.0 Å². The Morgan fingerprint density at radius 1 is 1.18 bits per heavy atom. The third-order valence-electron chi connectivity index (χ3n) is 4.15. The molecule has 2 aromatic heterocycles. The van der Waals surface area contributed by atoms with Crippen molar-refractivity contribution in [3.63, 3.8) is 0 Å². The van der Waals surface area contributed by atoms with Crippen molar-refractivity contribution in [1.82, 2.24) is 25.4 Å². The summed E-state index contributed by atoms with van der Waals surface area (Å²) in [4.78, 5) is 8.90. The van der Waals surface area contributed by atoms with Crippen molar-refractivity contribution in [3.8, 4) is 5.69 Å². The van der Waals surface area contributed by atoms with Gasteiger partial charge in [-0.3, -0.25) is 0 Å². The van der Waals surface area contributed by atoms with E-state index in [1.54, 1.807) is 0 Å². The van der Waals surface area contributed by atoms with Gasteiger partial charge in [0.2, 0.25) is 5.89 Å². The number of aliphatic imine (C=N–C) groups is 1. The standard InChI is InChI=1S/C20H26N6O.HI/c1-4-21-20(23-13-19-25-15(2)16(3)27-19)22-11-10-17-12-24-26(14-17)18-8-6-5-7-9-18;/h5-9,12,14H,4,10-11,13H2,1-3H3,(H2,21,22,23);1H. The Bertz CT molecular complexity index is 868. The molecule has 2 N–H and O–H groups in total. The van der Waals surface area contributed by atoms with Crippen LogP contribution in [0.5, 0.6) is 0 Å². The number of hydrogen-bond acceptors (Lipinski definition) is 4. The Balaban J connectivity index is 0.00000280. The number of aryl methyl sites for hydroxylation is 2. The average Bonchev–Trinajstić information content (AvgIpc) is 3.27. The molecule has 0 radical (unpaired) electrons. The lowest BCUT2D eigenvalue weighted by molar-refractivity contribution is 0.473. The van der Waals surface area contributed by atoms with E-state index in [2.05, 4.69) is 31.9 Å². The molecule has 8 heteroatoms. The fraction of sp³-hybridized carbons (Fsp3) is 0.350. The summed E-state index contributed by atoms with van der Waals surface area (Å²) in [5.41, 5.74) is 3.14. The van der Waals surface area contributed by atoms with E-state index in [4.69, 9.17) is 4.42 Å². The Hall–Kier alpha value is -2.36. The Labute approximate surface area is 182 Å².